The highest BCUT2D eigenvalue weighted by molar-refractivity contribution is 9.10. The zero-order valence-electron chi connectivity index (χ0n) is 11.0. The smallest absolute Gasteiger partial charge is 0.252 e. The van der Waals surface area contributed by atoms with Gasteiger partial charge in [-0.2, -0.15) is 0 Å². The molecule has 1 unspecified atom stereocenters. The molecule has 0 aliphatic heterocycles. The van der Waals surface area contributed by atoms with Crippen molar-refractivity contribution < 1.29 is 10.0 Å². The molecular formula is C13H18BrN3O2. The average Bonchev–Trinajstić information content (AvgIpc) is 2.40. The predicted molar refractivity (Wildman–Crippen MR) is 78.5 cm³/mol. The Balaban J connectivity index is 2.91. The van der Waals surface area contributed by atoms with Crippen LogP contribution in [0.15, 0.2) is 27.8 Å². The number of amidine groups is 1. The molecule has 6 heteroatoms. The van der Waals surface area contributed by atoms with Gasteiger partial charge in [-0.15, -0.1) is 0 Å². The molecule has 0 heterocycles. The highest BCUT2D eigenvalue weighted by atomic mass is 79.9. The number of rotatable bonds is 5. The van der Waals surface area contributed by atoms with E-state index in [0.717, 1.165) is 16.5 Å². The summed E-state index contributed by atoms with van der Waals surface area (Å²) in [6.45, 7) is 3.82. The van der Waals surface area contributed by atoms with Gasteiger partial charge in [0.2, 0.25) is 0 Å². The van der Waals surface area contributed by atoms with Crippen LogP contribution in [0.4, 0.5) is 0 Å². The first-order valence-corrected chi connectivity index (χ1v) is 6.84. The van der Waals surface area contributed by atoms with E-state index in [4.69, 9.17) is 10.9 Å². The summed E-state index contributed by atoms with van der Waals surface area (Å²) >= 11 is 3.39. The maximum absolute atomic E-state index is 12.2. The van der Waals surface area contributed by atoms with Crippen LogP contribution in [0.1, 0.15) is 35.7 Å². The molecule has 1 aromatic carbocycles. The van der Waals surface area contributed by atoms with Crippen molar-refractivity contribution >= 4 is 27.7 Å². The lowest BCUT2D eigenvalue weighted by atomic mass is 10.1. The molecule has 0 aromatic heterocycles. The minimum atomic E-state index is -0.458. The summed E-state index contributed by atoms with van der Waals surface area (Å²) in [6.07, 6.45) is 1.44. The van der Waals surface area contributed by atoms with Gasteiger partial charge in [-0.05, 0) is 31.0 Å². The molecule has 0 aliphatic rings. The molecule has 19 heavy (non-hydrogen) atoms. The molecule has 0 saturated heterocycles. The summed E-state index contributed by atoms with van der Waals surface area (Å²) in [7, 11) is 0. The van der Waals surface area contributed by atoms with E-state index in [1.54, 1.807) is 12.1 Å². The van der Waals surface area contributed by atoms with Crippen LogP contribution in [0.5, 0.6) is 0 Å². The van der Waals surface area contributed by atoms with Gasteiger partial charge in [0.15, 0.2) is 5.84 Å². The number of amides is 1. The first-order chi connectivity index (χ1) is 9.01. The van der Waals surface area contributed by atoms with Crippen LogP contribution in [0.3, 0.4) is 0 Å². The molecule has 4 N–H and O–H groups in total. The second kappa shape index (κ2) is 7.13. The Bertz CT molecular complexity index is 489. The lowest BCUT2D eigenvalue weighted by Gasteiger charge is -2.17. The van der Waals surface area contributed by atoms with E-state index < -0.39 is 6.04 Å². The number of nitrogens with two attached hydrogens (primary N) is 1. The molecule has 1 rings (SSSR count). The van der Waals surface area contributed by atoms with Crippen molar-refractivity contribution in [3.8, 4) is 0 Å². The zero-order valence-corrected chi connectivity index (χ0v) is 12.6. The van der Waals surface area contributed by atoms with E-state index in [9.17, 15) is 4.79 Å². The van der Waals surface area contributed by atoms with Crippen molar-refractivity contribution in [2.24, 2.45) is 10.9 Å². The van der Waals surface area contributed by atoms with E-state index in [2.05, 4.69) is 26.4 Å². The number of hydrogen-bond acceptors (Lipinski definition) is 3. The normalized spacial score (nSPS) is 13.1. The maximum Gasteiger partial charge on any atom is 0.252 e. The molecule has 0 radical (unpaired) electrons. The highest BCUT2D eigenvalue weighted by Crippen LogP contribution is 2.19. The van der Waals surface area contributed by atoms with Gasteiger partial charge in [0, 0.05) is 10.0 Å². The van der Waals surface area contributed by atoms with Gasteiger partial charge in [0.25, 0.3) is 5.91 Å². The van der Waals surface area contributed by atoms with Crippen LogP contribution in [0.25, 0.3) is 0 Å². The number of hydrogen-bond donors (Lipinski definition) is 3. The summed E-state index contributed by atoms with van der Waals surface area (Å²) < 4.78 is 0.871. The molecule has 0 spiro atoms. The fourth-order valence-electron chi connectivity index (χ4n) is 1.74. The Morgan fingerprint density at radius 2 is 2.26 bits per heavy atom. The quantitative estimate of drug-likeness (QED) is 0.336. The second-order valence-electron chi connectivity index (χ2n) is 4.25. The van der Waals surface area contributed by atoms with Gasteiger partial charge in [0.1, 0.15) is 0 Å². The standard InChI is InChI=1S/C13H18BrN3O2/c1-3-5-11(12(15)17-19)16-13(18)9-6-4-7-10(14)8(9)2/h4,6-7,11,19H,3,5H2,1-2H3,(H2,15,17)(H,16,18). The Morgan fingerprint density at radius 1 is 1.58 bits per heavy atom. The number of benzene rings is 1. The number of carbonyl (C=O) groups is 1. The fraction of sp³-hybridized carbons (Fsp3) is 0.385. The molecule has 104 valence electrons. The molecule has 1 amide bonds. The van der Waals surface area contributed by atoms with Crippen LogP contribution in [-0.2, 0) is 0 Å². The lowest BCUT2D eigenvalue weighted by molar-refractivity contribution is 0.0944. The predicted octanol–water partition coefficient (Wildman–Crippen LogP) is 2.40. The first kappa shape index (κ1) is 15.5. The minimum Gasteiger partial charge on any atom is -0.409 e. The Labute approximate surface area is 121 Å². The Morgan fingerprint density at radius 3 is 2.84 bits per heavy atom. The SMILES string of the molecule is CCCC(NC(=O)c1cccc(Br)c1C)C(N)=NO. The van der Waals surface area contributed by atoms with E-state index >= 15 is 0 Å². The maximum atomic E-state index is 12.2. The molecule has 0 bridgehead atoms. The van der Waals surface area contributed by atoms with Crippen molar-refractivity contribution in [3.05, 3.63) is 33.8 Å². The van der Waals surface area contributed by atoms with Crippen molar-refractivity contribution in [1.29, 1.82) is 0 Å². The van der Waals surface area contributed by atoms with E-state index in [-0.39, 0.29) is 11.7 Å². The largest absolute Gasteiger partial charge is 0.409 e. The Hall–Kier alpha value is -1.56. The molecule has 5 nitrogen and oxygen atoms in total. The average molecular weight is 328 g/mol. The van der Waals surface area contributed by atoms with E-state index in [0.29, 0.717) is 12.0 Å². The first-order valence-electron chi connectivity index (χ1n) is 6.04. The van der Waals surface area contributed by atoms with Crippen LogP contribution in [0.2, 0.25) is 0 Å². The minimum absolute atomic E-state index is 0.0165. The number of carbonyl (C=O) groups excluding carboxylic acids is 1. The topological polar surface area (TPSA) is 87.7 Å². The molecule has 1 aromatic rings. The third-order valence-corrected chi connectivity index (χ3v) is 3.73. The molecule has 1 atom stereocenters. The van der Waals surface area contributed by atoms with Crippen molar-refractivity contribution in [1.82, 2.24) is 5.32 Å². The second-order valence-corrected chi connectivity index (χ2v) is 5.11. The lowest BCUT2D eigenvalue weighted by Crippen LogP contribution is -2.44. The van der Waals surface area contributed by atoms with E-state index in [1.807, 2.05) is 19.9 Å². The fourth-order valence-corrected chi connectivity index (χ4v) is 2.11. The van der Waals surface area contributed by atoms with Gasteiger partial charge in [-0.25, -0.2) is 0 Å². The summed E-state index contributed by atoms with van der Waals surface area (Å²) in [5, 5.41) is 14.5. The van der Waals surface area contributed by atoms with Gasteiger partial charge in [-0.1, -0.05) is 40.5 Å². The van der Waals surface area contributed by atoms with Crippen LogP contribution >= 0.6 is 15.9 Å². The summed E-state index contributed by atoms with van der Waals surface area (Å²) in [5.41, 5.74) is 7.00. The third kappa shape index (κ3) is 3.96. The molecular weight excluding hydrogens is 310 g/mol. The van der Waals surface area contributed by atoms with Crippen LogP contribution < -0.4 is 11.1 Å². The summed E-state index contributed by atoms with van der Waals surface area (Å²) in [6, 6.07) is 4.95. The van der Waals surface area contributed by atoms with Gasteiger partial charge >= 0.3 is 0 Å². The highest BCUT2D eigenvalue weighted by Gasteiger charge is 2.18. The molecule has 0 saturated carbocycles. The van der Waals surface area contributed by atoms with Crippen molar-refractivity contribution in [2.75, 3.05) is 0 Å². The van der Waals surface area contributed by atoms with E-state index in [1.165, 1.54) is 0 Å². The van der Waals surface area contributed by atoms with Crippen LogP contribution in [-0.4, -0.2) is 23.0 Å². The van der Waals surface area contributed by atoms with Crippen molar-refractivity contribution in [2.45, 2.75) is 32.7 Å². The summed E-state index contributed by atoms with van der Waals surface area (Å²) in [5.74, 6) is -0.216. The van der Waals surface area contributed by atoms with Gasteiger partial charge in [0.05, 0.1) is 6.04 Å². The van der Waals surface area contributed by atoms with Crippen LogP contribution in [0, 0.1) is 6.92 Å². The third-order valence-electron chi connectivity index (χ3n) is 2.87. The number of oxime groups is 1. The number of nitrogens with zero attached hydrogens (tertiary/aromatic N) is 1. The zero-order chi connectivity index (χ0) is 14.4. The number of nitrogens with one attached hydrogen (secondary N) is 1. The van der Waals surface area contributed by atoms with Gasteiger partial charge < -0.3 is 16.3 Å². The molecule has 0 aliphatic carbocycles. The van der Waals surface area contributed by atoms with Gasteiger partial charge in [-0.3, -0.25) is 4.79 Å². The van der Waals surface area contributed by atoms with Crippen molar-refractivity contribution in [3.63, 3.8) is 0 Å². The number of halogens is 1. The monoisotopic (exact) mass is 327 g/mol. The Kier molecular flexibility index (Phi) is 5.82. The molecule has 0 fully saturated rings. The summed E-state index contributed by atoms with van der Waals surface area (Å²) in [4.78, 5) is 12.2.